The van der Waals surface area contributed by atoms with E-state index in [2.05, 4.69) is 38.5 Å². The van der Waals surface area contributed by atoms with Gasteiger partial charge < -0.3 is 16.0 Å². The van der Waals surface area contributed by atoms with Gasteiger partial charge in [0.1, 0.15) is 6.17 Å². The molecular weight excluding hydrogens is 586 g/mol. The summed E-state index contributed by atoms with van der Waals surface area (Å²) in [4.78, 5) is 12.5. The first-order valence-electron chi connectivity index (χ1n) is 7.22. The van der Waals surface area contributed by atoms with E-state index < -0.39 is 15.9 Å². The molecule has 0 aromatic heterocycles. The van der Waals surface area contributed by atoms with Crippen LogP contribution < -0.4 is 16.0 Å². The van der Waals surface area contributed by atoms with E-state index in [0.29, 0.717) is 5.02 Å². The number of para-hydroxylation sites is 1. The highest BCUT2D eigenvalue weighted by molar-refractivity contribution is 14.1. The first-order chi connectivity index (χ1) is 12.6. The van der Waals surface area contributed by atoms with Crippen LogP contribution >= 0.6 is 92.8 Å². The lowest BCUT2D eigenvalue weighted by Crippen LogP contribution is -2.56. The summed E-state index contributed by atoms with van der Waals surface area (Å²) in [6.07, 6.45) is -1.12. The van der Waals surface area contributed by atoms with Crippen molar-refractivity contribution in [3.05, 3.63) is 61.6 Å². The number of anilines is 1. The summed E-state index contributed by atoms with van der Waals surface area (Å²) in [6, 6.07) is 11.9. The molecule has 0 aliphatic heterocycles. The molecule has 1 amide bonds. The second-order valence-electron chi connectivity index (χ2n) is 5.15. The number of hydrogen-bond acceptors (Lipinski definition) is 2. The molecule has 0 unspecified atom stereocenters. The fourth-order valence-corrected chi connectivity index (χ4v) is 3.51. The van der Waals surface area contributed by atoms with Gasteiger partial charge in [-0.25, -0.2) is 0 Å². The largest absolute Gasteiger partial charge is 0.339 e. The Morgan fingerprint density at radius 3 is 2.33 bits per heavy atom. The van der Waals surface area contributed by atoms with E-state index in [1.165, 1.54) is 18.2 Å². The third-order valence-electron chi connectivity index (χ3n) is 3.18. The predicted molar refractivity (Wildman–Crippen MR) is 127 cm³/mol. The number of thiocarbonyl (C=S) groups is 1. The van der Waals surface area contributed by atoms with Crippen LogP contribution in [0.3, 0.4) is 0 Å². The molecule has 11 heteroatoms. The van der Waals surface area contributed by atoms with E-state index in [-0.39, 0.29) is 15.7 Å². The zero-order valence-corrected chi connectivity index (χ0v) is 20.0. The van der Waals surface area contributed by atoms with Gasteiger partial charge in [0.15, 0.2) is 5.11 Å². The van der Waals surface area contributed by atoms with Gasteiger partial charge in [0, 0.05) is 8.59 Å². The minimum absolute atomic E-state index is 0.165. The third kappa shape index (κ3) is 6.96. The minimum Gasteiger partial charge on any atom is -0.339 e. The van der Waals surface area contributed by atoms with Gasteiger partial charge in [-0.2, -0.15) is 0 Å². The quantitative estimate of drug-likeness (QED) is 0.175. The SMILES string of the molecule is O=C(N[C@@H](NC(=S)Nc1ccccc1I)C(Cl)(Cl)Cl)c1ccc(Cl)cc1Cl. The second kappa shape index (κ2) is 10.0. The van der Waals surface area contributed by atoms with Gasteiger partial charge in [0.05, 0.1) is 16.3 Å². The zero-order chi connectivity index (χ0) is 20.2. The Bertz CT molecular complexity index is 862. The maximum absolute atomic E-state index is 12.5. The average Bonchev–Trinajstić information content (AvgIpc) is 2.55. The fourth-order valence-electron chi connectivity index (χ4n) is 1.93. The van der Waals surface area contributed by atoms with E-state index in [9.17, 15) is 4.79 Å². The van der Waals surface area contributed by atoms with Crippen molar-refractivity contribution in [2.45, 2.75) is 9.96 Å². The van der Waals surface area contributed by atoms with Gasteiger partial charge in [-0.3, -0.25) is 4.79 Å². The number of nitrogens with one attached hydrogen (secondary N) is 3. The Kier molecular flexibility index (Phi) is 8.54. The molecule has 2 rings (SSSR count). The Morgan fingerprint density at radius 2 is 1.74 bits per heavy atom. The van der Waals surface area contributed by atoms with Crippen LogP contribution in [0.4, 0.5) is 5.69 Å². The summed E-state index contributed by atoms with van der Waals surface area (Å²) in [5.41, 5.74) is 0.948. The van der Waals surface area contributed by atoms with Crippen LogP contribution in [0.1, 0.15) is 10.4 Å². The molecular formula is C16H11Cl5IN3OS. The van der Waals surface area contributed by atoms with Crippen molar-refractivity contribution in [3.8, 4) is 0 Å². The Balaban J connectivity index is 2.12. The lowest BCUT2D eigenvalue weighted by molar-refractivity contribution is 0.0934. The number of halogens is 6. The van der Waals surface area contributed by atoms with Gasteiger partial charge in [-0.1, -0.05) is 70.1 Å². The second-order valence-corrected chi connectivity index (χ2v) is 9.93. The average molecular weight is 598 g/mol. The number of amides is 1. The van der Waals surface area contributed by atoms with Crippen LogP contribution in [0.25, 0.3) is 0 Å². The first kappa shape index (κ1) is 23.1. The lowest BCUT2D eigenvalue weighted by atomic mass is 10.2. The number of hydrogen-bond donors (Lipinski definition) is 3. The molecule has 0 saturated heterocycles. The highest BCUT2D eigenvalue weighted by Gasteiger charge is 2.35. The molecule has 4 nitrogen and oxygen atoms in total. The topological polar surface area (TPSA) is 53.2 Å². The molecule has 144 valence electrons. The van der Waals surface area contributed by atoms with Crippen LogP contribution in [0.5, 0.6) is 0 Å². The number of alkyl halides is 3. The number of carbonyl (C=O) groups is 1. The van der Waals surface area contributed by atoms with Crippen LogP contribution in [0.2, 0.25) is 10.0 Å². The monoisotopic (exact) mass is 595 g/mol. The first-order valence-corrected chi connectivity index (χ1v) is 10.6. The van der Waals surface area contributed by atoms with Crippen molar-refractivity contribution < 1.29 is 4.79 Å². The summed E-state index contributed by atoms with van der Waals surface area (Å²) < 4.78 is -0.939. The smallest absolute Gasteiger partial charge is 0.254 e. The molecule has 0 aliphatic rings. The molecule has 1 atom stereocenters. The normalized spacial score (nSPS) is 12.2. The zero-order valence-electron chi connectivity index (χ0n) is 13.2. The molecule has 2 aromatic carbocycles. The third-order valence-corrected chi connectivity index (χ3v) is 5.54. The van der Waals surface area contributed by atoms with Crippen molar-refractivity contribution in [1.82, 2.24) is 10.6 Å². The molecule has 0 saturated carbocycles. The van der Waals surface area contributed by atoms with Crippen LogP contribution in [-0.2, 0) is 0 Å². The van der Waals surface area contributed by atoms with Gasteiger partial charge in [0.25, 0.3) is 5.91 Å². The van der Waals surface area contributed by atoms with Gasteiger partial charge >= 0.3 is 0 Å². The molecule has 3 N–H and O–H groups in total. The molecule has 0 aliphatic carbocycles. The summed E-state index contributed by atoms with van der Waals surface area (Å²) >= 11 is 37.3. The van der Waals surface area contributed by atoms with Crippen molar-refractivity contribution in [1.29, 1.82) is 0 Å². The minimum atomic E-state index is -1.88. The van der Waals surface area contributed by atoms with E-state index >= 15 is 0 Å². The van der Waals surface area contributed by atoms with Crippen LogP contribution in [-0.4, -0.2) is 21.0 Å². The van der Waals surface area contributed by atoms with E-state index in [1.807, 2.05) is 24.3 Å². The van der Waals surface area contributed by atoms with Crippen LogP contribution in [0.15, 0.2) is 42.5 Å². The van der Waals surface area contributed by atoms with E-state index in [0.717, 1.165) is 9.26 Å². The van der Waals surface area contributed by atoms with E-state index in [1.54, 1.807) is 0 Å². The van der Waals surface area contributed by atoms with Crippen LogP contribution in [0, 0.1) is 3.57 Å². The summed E-state index contributed by atoms with van der Waals surface area (Å²) in [7, 11) is 0. The summed E-state index contributed by atoms with van der Waals surface area (Å²) in [5.74, 6) is -0.558. The highest BCUT2D eigenvalue weighted by atomic mass is 127. The maximum Gasteiger partial charge on any atom is 0.254 e. The highest BCUT2D eigenvalue weighted by Crippen LogP contribution is 2.30. The number of rotatable bonds is 4. The Hall–Kier alpha value is -0.220. The van der Waals surface area contributed by atoms with Crippen molar-refractivity contribution in [2.24, 2.45) is 0 Å². The lowest BCUT2D eigenvalue weighted by Gasteiger charge is -2.28. The van der Waals surface area contributed by atoms with Crippen molar-refractivity contribution in [2.75, 3.05) is 5.32 Å². The summed E-state index contributed by atoms with van der Waals surface area (Å²) in [5, 5.41) is 9.07. The molecule has 0 spiro atoms. The van der Waals surface area contributed by atoms with Gasteiger partial charge in [-0.05, 0) is 65.1 Å². The van der Waals surface area contributed by atoms with Crippen molar-refractivity contribution >= 4 is 110 Å². The predicted octanol–water partition coefficient (Wildman–Crippen LogP) is 6.01. The molecule has 27 heavy (non-hydrogen) atoms. The van der Waals surface area contributed by atoms with Crippen molar-refractivity contribution in [3.63, 3.8) is 0 Å². The molecule has 0 fully saturated rings. The fraction of sp³-hybridized carbons (Fsp3) is 0.125. The Labute approximate surface area is 200 Å². The molecule has 2 aromatic rings. The Morgan fingerprint density at radius 1 is 1.07 bits per heavy atom. The summed E-state index contributed by atoms with van der Waals surface area (Å²) in [6.45, 7) is 0. The molecule has 0 heterocycles. The number of benzene rings is 2. The molecule has 0 bridgehead atoms. The van der Waals surface area contributed by atoms with Gasteiger partial charge in [0.2, 0.25) is 3.79 Å². The number of carbonyl (C=O) groups excluding carboxylic acids is 1. The standard InChI is InChI=1S/C16H11Cl5IN3OS/c17-8-5-6-9(10(18)7-8)13(26)24-14(16(19,20)21)25-15(27)23-12-4-2-1-3-11(12)22/h1-7,14H,(H,24,26)(H2,23,25,27)/t14-/m0/s1. The van der Waals surface area contributed by atoms with Gasteiger partial charge in [-0.15, -0.1) is 0 Å². The van der Waals surface area contributed by atoms with E-state index in [4.69, 9.17) is 70.2 Å². The maximum atomic E-state index is 12.5. The molecule has 0 radical (unpaired) electrons.